The van der Waals surface area contributed by atoms with Crippen molar-refractivity contribution in [3.8, 4) is 0 Å². The van der Waals surface area contributed by atoms with Crippen molar-refractivity contribution in [1.29, 1.82) is 0 Å². The molecule has 0 aromatic heterocycles. The van der Waals surface area contributed by atoms with Crippen molar-refractivity contribution in [2.45, 2.75) is 76.5 Å². The number of aliphatic hydroxyl groups is 1. The largest absolute Gasteiger partial charge is 0.393 e. The highest BCUT2D eigenvalue weighted by Gasteiger charge is 2.21. The molecular formula is C21H32N4O3. The SMILES string of the molecule is O=[N+]([O-])c1ccc(CN=C(NCC2CCCCC2)NC2CCC(O)CC2)cc1. The average Bonchev–Trinajstić information content (AvgIpc) is 2.72. The summed E-state index contributed by atoms with van der Waals surface area (Å²) in [5, 5.41) is 27.6. The van der Waals surface area contributed by atoms with Gasteiger partial charge >= 0.3 is 0 Å². The molecule has 0 amide bonds. The molecule has 2 aliphatic rings. The lowest BCUT2D eigenvalue weighted by molar-refractivity contribution is -0.384. The molecule has 1 aromatic carbocycles. The molecule has 0 radical (unpaired) electrons. The predicted octanol–water partition coefficient (Wildman–Crippen LogP) is 3.51. The van der Waals surface area contributed by atoms with Crippen LogP contribution >= 0.6 is 0 Å². The molecular weight excluding hydrogens is 356 g/mol. The Morgan fingerprint density at radius 1 is 1.07 bits per heavy atom. The van der Waals surface area contributed by atoms with E-state index >= 15 is 0 Å². The number of aliphatic imine (C=N–C) groups is 1. The maximum absolute atomic E-state index is 10.8. The van der Waals surface area contributed by atoms with Crippen molar-refractivity contribution >= 4 is 11.6 Å². The lowest BCUT2D eigenvalue weighted by atomic mass is 9.89. The smallest absolute Gasteiger partial charge is 0.269 e. The van der Waals surface area contributed by atoms with Crippen LogP contribution in [0.3, 0.4) is 0 Å². The highest BCUT2D eigenvalue weighted by Crippen LogP contribution is 2.23. The van der Waals surface area contributed by atoms with E-state index in [-0.39, 0.29) is 16.7 Å². The molecule has 0 unspecified atom stereocenters. The topological polar surface area (TPSA) is 99.8 Å². The Morgan fingerprint density at radius 2 is 1.75 bits per heavy atom. The molecule has 0 spiro atoms. The van der Waals surface area contributed by atoms with Crippen molar-refractivity contribution in [1.82, 2.24) is 10.6 Å². The third-order valence-electron chi connectivity index (χ3n) is 5.89. The normalized spacial score (nSPS) is 24.0. The highest BCUT2D eigenvalue weighted by atomic mass is 16.6. The molecule has 1 aromatic rings. The Labute approximate surface area is 166 Å². The van der Waals surface area contributed by atoms with Crippen LogP contribution in [0.4, 0.5) is 5.69 Å². The fourth-order valence-corrected chi connectivity index (χ4v) is 4.09. The first kappa shape index (κ1) is 20.6. The number of hydrogen-bond donors (Lipinski definition) is 3. The summed E-state index contributed by atoms with van der Waals surface area (Å²) in [5.74, 6) is 1.51. The van der Waals surface area contributed by atoms with Crippen LogP contribution in [0, 0.1) is 16.0 Å². The van der Waals surface area contributed by atoms with Crippen LogP contribution in [0.25, 0.3) is 0 Å². The van der Waals surface area contributed by atoms with Gasteiger partial charge in [-0.2, -0.15) is 0 Å². The number of nitro benzene ring substituents is 1. The lowest BCUT2D eigenvalue weighted by Crippen LogP contribution is -2.46. The predicted molar refractivity (Wildman–Crippen MR) is 110 cm³/mol. The number of nitrogens with zero attached hydrogens (tertiary/aromatic N) is 2. The lowest BCUT2D eigenvalue weighted by Gasteiger charge is -2.29. The monoisotopic (exact) mass is 388 g/mol. The second-order valence-corrected chi connectivity index (χ2v) is 8.12. The molecule has 2 saturated carbocycles. The quantitative estimate of drug-likeness (QED) is 0.300. The van der Waals surface area contributed by atoms with Gasteiger partial charge in [-0.15, -0.1) is 0 Å². The van der Waals surface area contributed by atoms with Gasteiger partial charge in [-0.25, -0.2) is 4.99 Å². The summed E-state index contributed by atoms with van der Waals surface area (Å²) in [5.41, 5.74) is 1.05. The number of guanidine groups is 1. The van der Waals surface area contributed by atoms with Crippen LogP contribution in [-0.2, 0) is 6.54 Å². The number of aliphatic hydroxyl groups excluding tert-OH is 1. The maximum Gasteiger partial charge on any atom is 0.269 e. The number of hydrogen-bond acceptors (Lipinski definition) is 4. The van der Waals surface area contributed by atoms with Crippen molar-refractivity contribution in [3.05, 3.63) is 39.9 Å². The fraction of sp³-hybridized carbons (Fsp3) is 0.667. The van der Waals surface area contributed by atoms with Crippen LogP contribution in [0.15, 0.2) is 29.3 Å². The standard InChI is InChI=1S/C21H32N4O3/c26-20-12-8-18(9-13-20)24-21(22-14-16-4-2-1-3-5-16)23-15-17-6-10-19(11-7-17)25(27)28/h6-7,10-11,16,18,20,26H,1-5,8-9,12-15H2,(H2,22,23,24). The van der Waals surface area contributed by atoms with Gasteiger partial charge in [-0.1, -0.05) is 31.4 Å². The molecule has 3 N–H and O–H groups in total. The summed E-state index contributed by atoms with van der Waals surface area (Å²) in [6, 6.07) is 6.90. The van der Waals surface area contributed by atoms with E-state index in [2.05, 4.69) is 10.6 Å². The van der Waals surface area contributed by atoms with Crippen LogP contribution < -0.4 is 10.6 Å². The van der Waals surface area contributed by atoms with E-state index in [9.17, 15) is 15.2 Å². The average molecular weight is 389 g/mol. The first-order chi connectivity index (χ1) is 13.6. The first-order valence-corrected chi connectivity index (χ1v) is 10.6. The Hall–Kier alpha value is -2.15. The molecule has 0 atom stereocenters. The van der Waals surface area contributed by atoms with Crippen molar-refractivity contribution < 1.29 is 10.0 Å². The molecule has 28 heavy (non-hydrogen) atoms. The number of benzene rings is 1. The van der Waals surface area contributed by atoms with E-state index < -0.39 is 0 Å². The van der Waals surface area contributed by atoms with Crippen LogP contribution in [0.2, 0.25) is 0 Å². The first-order valence-electron chi connectivity index (χ1n) is 10.6. The van der Waals surface area contributed by atoms with Gasteiger partial charge in [-0.05, 0) is 50.0 Å². The summed E-state index contributed by atoms with van der Waals surface area (Å²) in [6.45, 7) is 1.41. The summed E-state index contributed by atoms with van der Waals surface area (Å²) in [4.78, 5) is 15.1. The molecule has 7 nitrogen and oxygen atoms in total. The number of nitrogens with one attached hydrogen (secondary N) is 2. The zero-order chi connectivity index (χ0) is 19.8. The van der Waals surface area contributed by atoms with Gasteiger partial charge in [0.2, 0.25) is 0 Å². The van der Waals surface area contributed by atoms with Crippen molar-refractivity contribution in [2.24, 2.45) is 10.9 Å². The van der Waals surface area contributed by atoms with Crippen LogP contribution in [0.1, 0.15) is 63.4 Å². The third-order valence-corrected chi connectivity index (χ3v) is 5.89. The van der Waals surface area contributed by atoms with Crippen molar-refractivity contribution in [3.63, 3.8) is 0 Å². The molecule has 7 heteroatoms. The van der Waals surface area contributed by atoms with E-state index in [0.29, 0.717) is 18.5 Å². The Balaban J connectivity index is 1.59. The second-order valence-electron chi connectivity index (χ2n) is 8.12. The minimum atomic E-state index is -0.386. The van der Waals surface area contributed by atoms with Gasteiger partial charge in [0.25, 0.3) is 5.69 Å². The Kier molecular flexibility index (Phi) is 7.65. The third kappa shape index (κ3) is 6.48. The number of rotatable bonds is 6. The molecule has 0 heterocycles. The molecule has 2 aliphatic carbocycles. The van der Waals surface area contributed by atoms with Gasteiger partial charge in [0, 0.05) is 24.7 Å². The minimum Gasteiger partial charge on any atom is -0.393 e. The van der Waals surface area contributed by atoms with Crippen LogP contribution in [-0.4, -0.2) is 34.7 Å². The fourth-order valence-electron chi connectivity index (χ4n) is 4.09. The van der Waals surface area contributed by atoms with Crippen LogP contribution in [0.5, 0.6) is 0 Å². The molecule has 0 saturated heterocycles. The zero-order valence-corrected chi connectivity index (χ0v) is 16.5. The number of non-ortho nitro benzene ring substituents is 1. The summed E-state index contributed by atoms with van der Waals surface area (Å²) in [7, 11) is 0. The Bertz CT molecular complexity index is 648. The van der Waals surface area contributed by atoms with E-state index in [1.165, 1.54) is 44.2 Å². The van der Waals surface area contributed by atoms with E-state index in [0.717, 1.165) is 43.8 Å². The highest BCUT2D eigenvalue weighted by molar-refractivity contribution is 5.80. The van der Waals surface area contributed by atoms with Gasteiger partial charge in [-0.3, -0.25) is 10.1 Å². The summed E-state index contributed by atoms with van der Waals surface area (Å²) < 4.78 is 0. The van der Waals surface area contributed by atoms with E-state index in [1.54, 1.807) is 12.1 Å². The summed E-state index contributed by atoms with van der Waals surface area (Å²) >= 11 is 0. The maximum atomic E-state index is 10.8. The van der Waals surface area contributed by atoms with Gasteiger partial charge in [0.05, 0.1) is 17.6 Å². The second kappa shape index (κ2) is 10.4. The number of nitro groups is 1. The molecule has 3 rings (SSSR count). The molecule has 154 valence electrons. The van der Waals surface area contributed by atoms with Gasteiger partial charge in [0.15, 0.2) is 5.96 Å². The van der Waals surface area contributed by atoms with E-state index in [4.69, 9.17) is 4.99 Å². The van der Waals surface area contributed by atoms with E-state index in [1.807, 2.05) is 0 Å². The molecule has 0 aliphatic heterocycles. The Morgan fingerprint density at radius 3 is 2.39 bits per heavy atom. The molecule has 2 fully saturated rings. The molecule has 0 bridgehead atoms. The minimum absolute atomic E-state index is 0.0993. The van der Waals surface area contributed by atoms with Crippen molar-refractivity contribution in [2.75, 3.05) is 6.54 Å². The van der Waals surface area contributed by atoms with Gasteiger partial charge < -0.3 is 15.7 Å². The zero-order valence-electron chi connectivity index (χ0n) is 16.5. The summed E-state index contributed by atoms with van der Waals surface area (Å²) in [6.07, 6.45) is 9.91. The van der Waals surface area contributed by atoms with Gasteiger partial charge in [0.1, 0.15) is 0 Å².